The number of guanidine groups is 1. The Balaban J connectivity index is 0.00000625. The molecule has 0 aromatic rings. The molecule has 0 radical (unpaired) electrons. The van der Waals surface area contributed by atoms with E-state index in [1.807, 2.05) is 18.7 Å². The normalized spacial score (nSPS) is 17.0. The number of aliphatic imine (C=N–C) groups is 1. The average Bonchev–Trinajstić information content (AvgIpc) is 2.55. The molecule has 0 amide bonds. The Bertz CT molecular complexity index is 376. The lowest BCUT2D eigenvalue weighted by Gasteiger charge is -2.32. The van der Waals surface area contributed by atoms with Crippen molar-refractivity contribution in [1.82, 2.24) is 15.5 Å². The zero-order valence-corrected chi connectivity index (χ0v) is 19.1. The van der Waals surface area contributed by atoms with E-state index in [0.717, 1.165) is 51.3 Å². The van der Waals surface area contributed by atoms with Crippen molar-refractivity contribution >= 4 is 41.7 Å². The molecule has 1 fully saturated rings. The highest BCUT2D eigenvalue weighted by Gasteiger charge is 2.32. The van der Waals surface area contributed by atoms with Gasteiger partial charge in [0.05, 0.1) is 6.54 Å². The Kier molecular flexibility index (Phi) is 15.1. The summed E-state index contributed by atoms with van der Waals surface area (Å²) in [6.45, 7) is 4.84. The predicted octanol–water partition coefficient (Wildman–Crippen LogP) is 3.97. The lowest BCUT2D eigenvalue weighted by atomic mass is 9.93. The van der Waals surface area contributed by atoms with Crippen LogP contribution in [0.2, 0.25) is 0 Å². The standard InChI is InChI=1S/C17H33F3N4S.HI/c1-3-21-16(22-9-4-5-13-25-2)23-10-6-15-7-11-24(12-8-15)14-17(18,19)20;/h15H,3-14H2,1-2H3,(H2,21,22,23);1H. The van der Waals surface area contributed by atoms with Crippen LogP contribution in [0, 0.1) is 5.92 Å². The minimum Gasteiger partial charge on any atom is -0.357 e. The predicted molar refractivity (Wildman–Crippen MR) is 117 cm³/mol. The molecule has 0 aromatic heterocycles. The van der Waals surface area contributed by atoms with Gasteiger partial charge in [0, 0.05) is 19.6 Å². The first-order valence-corrected chi connectivity index (χ1v) is 10.6. The molecule has 4 nitrogen and oxygen atoms in total. The van der Waals surface area contributed by atoms with Gasteiger partial charge in [0.2, 0.25) is 0 Å². The maximum absolute atomic E-state index is 12.4. The van der Waals surface area contributed by atoms with Crippen molar-refractivity contribution in [1.29, 1.82) is 0 Å². The van der Waals surface area contributed by atoms with Gasteiger partial charge in [-0.25, -0.2) is 0 Å². The van der Waals surface area contributed by atoms with E-state index < -0.39 is 12.7 Å². The number of rotatable bonds is 10. The Morgan fingerprint density at radius 3 is 2.46 bits per heavy atom. The fourth-order valence-electron chi connectivity index (χ4n) is 2.97. The zero-order valence-electron chi connectivity index (χ0n) is 15.9. The summed E-state index contributed by atoms with van der Waals surface area (Å²) in [4.78, 5) is 6.09. The molecule has 9 heteroatoms. The van der Waals surface area contributed by atoms with Crippen LogP contribution in [0.1, 0.15) is 39.0 Å². The number of likely N-dealkylation sites (tertiary alicyclic amines) is 1. The van der Waals surface area contributed by atoms with Crippen molar-refractivity contribution in [3.05, 3.63) is 0 Å². The summed E-state index contributed by atoms with van der Waals surface area (Å²) < 4.78 is 37.2. The van der Waals surface area contributed by atoms with Gasteiger partial charge in [-0.15, -0.1) is 24.0 Å². The summed E-state index contributed by atoms with van der Waals surface area (Å²) in [5.41, 5.74) is 0. The van der Waals surface area contributed by atoms with Crippen LogP contribution in [0.4, 0.5) is 13.2 Å². The van der Waals surface area contributed by atoms with Crippen LogP contribution in [0.3, 0.4) is 0 Å². The maximum atomic E-state index is 12.4. The van der Waals surface area contributed by atoms with Gasteiger partial charge < -0.3 is 10.6 Å². The number of nitrogens with zero attached hydrogens (tertiary/aromatic N) is 2. The molecule has 0 saturated carbocycles. The van der Waals surface area contributed by atoms with Gasteiger partial charge in [-0.05, 0) is 70.0 Å². The number of alkyl halides is 3. The molecule has 26 heavy (non-hydrogen) atoms. The van der Waals surface area contributed by atoms with Gasteiger partial charge in [-0.2, -0.15) is 24.9 Å². The van der Waals surface area contributed by atoms with Crippen molar-refractivity contribution in [2.75, 3.05) is 51.3 Å². The molecular weight excluding hydrogens is 476 g/mol. The molecule has 0 aliphatic carbocycles. The van der Waals surface area contributed by atoms with E-state index in [1.54, 1.807) is 0 Å². The monoisotopic (exact) mass is 510 g/mol. The van der Waals surface area contributed by atoms with Crippen LogP contribution in [-0.2, 0) is 0 Å². The van der Waals surface area contributed by atoms with Gasteiger partial charge in [0.25, 0.3) is 0 Å². The first kappa shape index (κ1) is 26.1. The van der Waals surface area contributed by atoms with Gasteiger partial charge in [0.15, 0.2) is 5.96 Å². The summed E-state index contributed by atoms with van der Waals surface area (Å²) in [5.74, 6) is 2.52. The Hall–Kier alpha value is 0.1000. The van der Waals surface area contributed by atoms with E-state index in [0.29, 0.717) is 19.0 Å². The molecule has 1 heterocycles. The molecule has 0 aromatic carbocycles. The zero-order chi connectivity index (χ0) is 18.5. The average molecular weight is 510 g/mol. The number of nitrogens with one attached hydrogen (secondary N) is 2. The van der Waals surface area contributed by atoms with Crippen molar-refractivity contribution in [3.8, 4) is 0 Å². The molecule has 0 unspecified atom stereocenters. The SMILES string of the molecule is CCNC(=NCCCCSC)NCCC1CCN(CC(F)(F)F)CC1.I. The highest BCUT2D eigenvalue weighted by molar-refractivity contribution is 14.0. The van der Waals surface area contributed by atoms with E-state index in [2.05, 4.69) is 21.9 Å². The summed E-state index contributed by atoms with van der Waals surface area (Å²) in [5, 5.41) is 6.59. The van der Waals surface area contributed by atoms with Crippen LogP contribution < -0.4 is 10.6 Å². The molecular formula is C17H34F3IN4S. The third kappa shape index (κ3) is 13.3. The Labute approximate surface area is 177 Å². The third-order valence-corrected chi connectivity index (χ3v) is 5.02. The minimum atomic E-state index is -4.08. The van der Waals surface area contributed by atoms with Gasteiger partial charge in [-0.3, -0.25) is 9.89 Å². The third-order valence-electron chi connectivity index (χ3n) is 4.33. The largest absolute Gasteiger partial charge is 0.401 e. The minimum absolute atomic E-state index is 0. The Morgan fingerprint density at radius 2 is 1.88 bits per heavy atom. The van der Waals surface area contributed by atoms with Gasteiger partial charge in [-0.1, -0.05) is 0 Å². The number of hydrogen-bond acceptors (Lipinski definition) is 3. The van der Waals surface area contributed by atoms with E-state index in [-0.39, 0.29) is 24.0 Å². The van der Waals surface area contributed by atoms with E-state index in [1.165, 1.54) is 17.1 Å². The second kappa shape index (κ2) is 15.1. The first-order valence-electron chi connectivity index (χ1n) is 9.24. The fraction of sp³-hybridized carbons (Fsp3) is 0.941. The van der Waals surface area contributed by atoms with Crippen LogP contribution in [-0.4, -0.2) is 68.3 Å². The first-order chi connectivity index (χ1) is 11.9. The van der Waals surface area contributed by atoms with Crippen molar-refractivity contribution < 1.29 is 13.2 Å². The molecule has 1 rings (SSSR count). The summed E-state index contributed by atoms with van der Waals surface area (Å²) in [6, 6.07) is 0. The van der Waals surface area contributed by atoms with Crippen LogP contribution in [0.25, 0.3) is 0 Å². The Morgan fingerprint density at radius 1 is 1.19 bits per heavy atom. The highest BCUT2D eigenvalue weighted by Crippen LogP contribution is 2.23. The van der Waals surface area contributed by atoms with Gasteiger partial charge in [0.1, 0.15) is 0 Å². The van der Waals surface area contributed by atoms with Crippen LogP contribution in [0.5, 0.6) is 0 Å². The number of unbranched alkanes of at least 4 members (excludes halogenated alkanes) is 1. The van der Waals surface area contributed by atoms with Gasteiger partial charge >= 0.3 is 6.18 Å². The summed E-state index contributed by atoms with van der Waals surface area (Å²) in [7, 11) is 0. The second-order valence-electron chi connectivity index (χ2n) is 6.51. The maximum Gasteiger partial charge on any atom is 0.401 e. The van der Waals surface area contributed by atoms with Crippen molar-refractivity contribution in [3.63, 3.8) is 0 Å². The number of halogens is 4. The lowest BCUT2D eigenvalue weighted by molar-refractivity contribution is -0.148. The number of thioether (sulfide) groups is 1. The molecule has 1 aliphatic rings. The molecule has 1 saturated heterocycles. The molecule has 156 valence electrons. The lowest BCUT2D eigenvalue weighted by Crippen LogP contribution is -2.41. The summed E-state index contributed by atoms with van der Waals surface area (Å²) in [6.07, 6.45) is 2.98. The summed E-state index contributed by atoms with van der Waals surface area (Å²) >= 11 is 1.86. The van der Waals surface area contributed by atoms with Crippen molar-refractivity contribution in [2.24, 2.45) is 10.9 Å². The highest BCUT2D eigenvalue weighted by atomic mass is 127. The molecule has 0 atom stereocenters. The van der Waals surface area contributed by atoms with E-state index in [4.69, 9.17) is 0 Å². The quantitative estimate of drug-likeness (QED) is 0.202. The second-order valence-corrected chi connectivity index (χ2v) is 7.50. The topological polar surface area (TPSA) is 39.7 Å². The molecule has 0 bridgehead atoms. The van der Waals surface area contributed by atoms with Crippen LogP contribution in [0.15, 0.2) is 4.99 Å². The van der Waals surface area contributed by atoms with E-state index >= 15 is 0 Å². The van der Waals surface area contributed by atoms with E-state index in [9.17, 15) is 13.2 Å². The molecule has 1 aliphatic heterocycles. The smallest absolute Gasteiger partial charge is 0.357 e. The fourth-order valence-corrected chi connectivity index (χ4v) is 3.47. The molecule has 2 N–H and O–H groups in total. The van der Waals surface area contributed by atoms with Crippen LogP contribution >= 0.6 is 35.7 Å². The van der Waals surface area contributed by atoms with Crippen molar-refractivity contribution in [2.45, 2.75) is 45.2 Å². The molecule has 0 spiro atoms. The number of piperidine rings is 1. The number of hydrogen-bond donors (Lipinski definition) is 2.